The van der Waals surface area contributed by atoms with Gasteiger partial charge in [-0.25, -0.2) is 4.98 Å². The van der Waals surface area contributed by atoms with Gasteiger partial charge >= 0.3 is 5.97 Å². The van der Waals surface area contributed by atoms with Gasteiger partial charge in [0.15, 0.2) is 0 Å². The van der Waals surface area contributed by atoms with Crippen LogP contribution < -0.4 is 0 Å². The number of carboxylic acids is 1. The molecule has 2 aromatic rings. The van der Waals surface area contributed by atoms with Gasteiger partial charge in [0.2, 0.25) is 5.91 Å². The Morgan fingerprint density at radius 3 is 2.62 bits per heavy atom. The molecule has 2 rings (SSSR count). The van der Waals surface area contributed by atoms with Gasteiger partial charge in [-0.1, -0.05) is 30.3 Å². The molecule has 0 atom stereocenters. The highest BCUT2D eigenvalue weighted by atomic mass is 32.1. The number of aliphatic carboxylic acids is 1. The molecule has 0 saturated heterocycles. The smallest absolute Gasteiger partial charge is 0.323 e. The maximum absolute atomic E-state index is 12.1. The van der Waals surface area contributed by atoms with E-state index in [1.807, 2.05) is 35.7 Å². The summed E-state index contributed by atoms with van der Waals surface area (Å²) in [6.45, 7) is 1.86. The maximum Gasteiger partial charge on any atom is 0.323 e. The van der Waals surface area contributed by atoms with Crippen molar-refractivity contribution in [2.45, 2.75) is 13.3 Å². The number of likely N-dealkylation sites (N-methyl/N-ethyl adjacent to an activating group) is 1. The van der Waals surface area contributed by atoms with Crippen LogP contribution in [-0.4, -0.2) is 40.0 Å². The van der Waals surface area contributed by atoms with Crippen LogP contribution in [-0.2, 0) is 16.0 Å². The molecule has 0 fully saturated rings. The molecule has 0 radical (unpaired) electrons. The second-order valence-corrected chi connectivity index (χ2v) is 5.35. The normalized spacial score (nSPS) is 10.3. The van der Waals surface area contributed by atoms with Gasteiger partial charge in [0.25, 0.3) is 0 Å². The van der Waals surface area contributed by atoms with Crippen molar-refractivity contribution < 1.29 is 14.7 Å². The fraction of sp³-hybridized carbons (Fsp3) is 0.267. The fourth-order valence-electron chi connectivity index (χ4n) is 1.91. The summed E-state index contributed by atoms with van der Waals surface area (Å²) in [7, 11) is 0. The zero-order valence-electron chi connectivity index (χ0n) is 11.7. The van der Waals surface area contributed by atoms with Gasteiger partial charge in [0.1, 0.15) is 11.6 Å². The molecule has 0 unspecified atom stereocenters. The Labute approximate surface area is 126 Å². The molecular weight excluding hydrogens is 288 g/mol. The second kappa shape index (κ2) is 6.99. The predicted molar refractivity (Wildman–Crippen MR) is 81.1 cm³/mol. The largest absolute Gasteiger partial charge is 0.480 e. The molecule has 1 N–H and O–H groups in total. The number of thiazole rings is 1. The van der Waals surface area contributed by atoms with Crippen LogP contribution in [0.3, 0.4) is 0 Å². The Hall–Kier alpha value is -2.21. The van der Waals surface area contributed by atoms with Crippen molar-refractivity contribution in [1.29, 1.82) is 0 Å². The van der Waals surface area contributed by atoms with Crippen LogP contribution in [0.2, 0.25) is 0 Å². The number of amides is 1. The van der Waals surface area contributed by atoms with Crippen molar-refractivity contribution in [3.63, 3.8) is 0 Å². The van der Waals surface area contributed by atoms with Crippen molar-refractivity contribution in [2.24, 2.45) is 0 Å². The molecule has 5 nitrogen and oxygen atoms in total. The minimum absolute atomic E-state index is 0.129. The molecule has 0 aliphatic carbocycles. The van der Waals surface area contributed by atoms with E-state index >= 15 is 0 Å². The van der Waals surface area contributed by atoms with Gasteiger partial charge in [-0.05, 0) is 6.92 Å². The number of carbonyl (C=O) groups is 2. The van der Waals surface area contributed by atoms with E-state index in [-0.39, 0.29) is 18.9 Å². The van der Waals surface area contributed by atoms with E-state index in [4.69, 9.17) is 5.11 Å². The highest BCUT2D eigenvalue weighted by Gasteiger charge is 2.16. The number of carbonyl (C=O) groups excluding carboxylic acids is 1. The number of aromatic nitrogens is 1. The van der Waals surface area contributed by atoms with Crippen molar-refractivity contribution >= 4 is 23.2 Å². The van der Waals surface area contributed by atoms with Gasteiger partial charge in [-0.3, -0.25) is 9.59 Å². The molecule has 0 bridgehead atoms. The summed E-state index contributed by atoms with van der Waals surface area (Å²) in [5.41, 5.74) is 1.69. The quantitative estimate of drug-likeness (QED) is 0.889. The van der Waals surface area contributed by atoms with Crippen LogP contribution in [0, 0.1) is 0 Å². The Kier molecular flexibility index (Phi) is 5.05. The molecule has 0 aliphatic heterocycles. The SMILES string of the molecule is CCN(CC(=O)O)C(=O)Cc1csc(-c2ccccc2)n1. The van der Waals surface area contributed by atoms with Gasteiger partial charge in [-0.15, -0.1) is 11.3 Å². The lowest BCUT2D eigenvalue weighted by atomic mass is 10.2. The molecule has 0 saturated carbocycles. The minimum atomic E-state index is -1.01. The van der Waals surface area contributed by atoms with Crippen molar-refractivity contribution in [3.05, 3.63) is 41.4 Å². The van der Waals surface area contributed by atoms with Crippen LogP contribution in [0.1, 0.15) is 12.6 Å². The Morgan fingerprint density at radius 1 is 1.29 bits per heavy atom. The lowest BCUT2D eigenvalue weighted by Gasteiger charge is -2.17. The highest BCUT2D eigenvalue weighted by Crippen LogP contribution is 2.23. The first-order valence-electron chi connectivity index (χ1n) is 6.59. The lowest BCUT2D eigenvalue weighted by molar-refractivity contribution is -0.144. The summed E-state index contributed by atoms with van der Waals surface area (Å²) in [6.07, 6.45) is 0.129. The van der Waals surface area contributed by atoms with Gasteiger partial charge in [0.05, 0.1) is 12.1 Å². The van der Waals surface area contributed by atoms with Crippen LogP contribution >= 0.6 is 11.3 Å². The Balaban J connectivity index is 2.05. The molecule has 1 heterocycles. The average Bonchev–Trinajstić information content (AvgIpc) is 2.94. The third-order valence-electron chi connectivity index (χ3n) is 2.97. The summed E-state index contributed by atoms with van der Waals surface area (Å²) in [5.74, 6) is -1.22. The van der Waals surface area contributed by atoms with Gasteiger partial charge < -0.3 is 10.0 Å². The molecule has 1 amide bonds. The molecule has 0 aliphatic rings. The lowest BCUT2D eigenvalue weighted by Crippen LogP contribution is -2.36. The van der Waals surface area contributed by atoms with E-state index in [1.165, 1.54) is 16.2 Å². The fourth-order valence-corrected chi connectivity index (χ4v) is 2.73. The van der Waals surface area contributed by atoms with Gasteiger partial charge in [0, 0.05) is 17.5 Å². The zero-order chi connectivity index (χ0) is 15.2. The number of hydrogen-bond acceptors (Lipinski definition) is 4. The summed E-state index contributed by atoms with van der Waals surface area (Å²) in [5, 5.41) is 11.5. The molecule has 1 aromatic carbocycles. The molecule has 6 heteroatoms. The average molecular weight is 304 g/mol. The number of carboxylic acid groups (broad SMARTS) is 1. The summed E-state index contributed by atoms with van der Waals surface area (Å²) in [4.78, 5) is 28.5. The molecule has 0 spiro atoms. The van der Waals surface area contributed by atoms with E-state index in [0.29, 0.717) is 12.2 Å². The number of rotatable bonds is 6. The standard InChI is InChI=1S/C15H16N2O3S/c1-2-17(9-14(19)20)13(18)8-12-10-21-15(16-12)11-6-4-3-5-7-11/h3-7,10H,2,8-9H2,1H3,(H,19,20). The summed E-state index contributed by atoms with van der Waals surface area (Å²) >= 11 is 1.48. The van der Waals surface area contributed by atoms with E-state index in [9.17, 15) is 9.59 Å². The molecule has 1 aromatic heterocycles. The van der Waals surface area contributed by atoms with Crippen LogP contribution in [0.25, 0.3) is 10.6 Å². The van der Waals surface area contributed by atoms with Crippen molar-refractivity contribution in [3.8, 4) is 10.6 Å². The molecular formula is C15H16N2O3S. The summed E-state index contributed by atoms with van der Waals surface area (Å²) in [6, 6.07) is 9.74. The third-order valence-corrected chi connectivity index (χ3v) is 3.91. The summed E-state index contributed by atoms with van der Waals surface area (Å²) < 4.78 is 0. The Morgan fingerprint density at radius 2 is 2.00 bits per heavy atom. The Bertz CT molecular complexity index is 625. The van der Waals surface area contributed by atoms with Crippen molar-refractivity contribution in [2.75, 3.05) is 13.1 Å². The zero-order valence-corrected chi connectivity index (χ0v) is 12.5. The second-order valence-electron chi connectivity index (χ2n) is 4.49. The van der Waals surface area contributed by atoms with E-state index in [0.717, 1.165) is 10.6 Å². The number of nitrogens with zero attached hydrogens (tertiary/aromatic N) is 2. The molecule has 21 heavy (non-hydrogen) atoms. The number of hydrogen-bond donors (Lipinski definition) is 1. The van der Waals surface area contributed by atoms with Crippen molar-refractivity contribution in [1.82, 2.24) is 9.88 Å². The predicted octanol–water partition coefficient (Wildman–Crippen LogP) is 2.29. The monoisotopic (exact) mass is 304 g/mol. The maximum atomic E-state index is 12.1. The van der Waals surface area contributed by atoms with E-state index in [2.05, 4.69) is 4.98 Å². The highest BCUT2D eigenvalue weighted by molar-refractivity contribution is 7.13. The molecule has 110 valence electrons. The first-order chi connectivity index (χ1) is 10.1. The number of benzene rings is 1. The van der Waals surface area contributed by atoms with Crippen LogP contribution in [0.15, 0.2) is 35.7 Å². The van der Waals surface area contributed by atoms with Crippen LogP contribution in [0.4, 0.5) is 0 Å². The van der Waals surface area contributed by atoms with E-state index in [1.54, 1.807) is 6.92 Å². The third kappa shape index (κ3) is 4.13. The van der Waals surface area contributed by atoms with E-state index < -0.39 is 5.97 Å². The minimum Gasteiger partial charge on any atom is -0.480 e. The first kappa shape index (κ1) is 15.2. The first-order valence-corrected chi connectivity index (χ1v) is 7.47. The van der Waals surface area contributed by atoms with Crippen LogP contribution in [0.5, 0.6) is 0 Å². The topological polar surface area (TPSA) is 70.5 Å². The van der Waals surface area contributed by atoms with Gasteiger partial charge in [-0.2, -0.15) is 0 Å².